The average molecular weight is 283 g/mol. The van der Waals surface area contributed by atoms with E-state index < -0.39 is 11.1 Å². The largest absolute Gasteiger partial charge is 0.496 e. The van der Waals surface area contributed by atoms with E-state index in [4.69, 9.17) is 15.2 Å². The number of hydrogen-bond donors (Lipinski definition) is 3. The number of aliphatic hydroxyl groups is 2. The van der Waals surface area contributed by atoms with Crippen LogP contribution in [0.5, 0.6) is 11.5 Å². The van der Waals surface area contributed by atoms with Crippen LogP contribution < -0.4 is 15.2 Å². The first-order chi connectivity index (χ1) is 8.68. The van der Waals surface area contributed by atoms with Crippen molar-refractivity contribution in [1.82, 2.24) is 0 Å². The summed E-state index contributed by atoms with van der Waals surface area (Å²) < 4.78 is 10.5. The first-order valence-corrected chi connectivity index (χ1v) is 6.95. The summed E-state index contributed by atoms with van der Waals surface area (Å²) in [6.07, 6.45) is 1.91. The fourth-order valence-electron chi connectivity index (χ4n) is 1.68. The molecule has 0 amide bonds. The monoisotopic (exact) mass is 283 g/mol. The number of ether oxygens (including phenoxy) is 2. The first-order valence-electron chi connectivity index (χ1n) is 5.73. The summed E-state index contributed by atoms with van der Waals surface area (Å²) in [4.78, 5) is 0.871. The van der Waals surface area contributed by atoms with Crippen LogP contribution in [-0.4, -0.2) is 52.0 Å². The summed E-state index contributed by atoms with van der Waals surface area (Å²) in [5, 5.41) is 20.4. The maximum absolute atomic E-state index is 10.5. The molecule has 1 aromatic carbocycles. The Morgan fingerprint density at radius 1 is 1.16 bits per heavy atom. The Kier molecular flexibility index (Phi) is 4.84. The Balaban J connectivity index is 3.50. The van der Waals surface area contributed by atoms with Crippen LogP contribution in [0.3, 0.4) is 0 Å². The van der Waals surface area contributed by atoms with Crippen molar-refractivity contribution in [2.75, 3.05) is 20.5 Å². The van der Waals surface area contributed by atoms with E-state index in [0.29, 0.717) is 17.1 Å². The van der Waals surface area contributed by atoms with Crippen LogP contribution in [0, 0.1) is 0 Å². The van der Waals surface area contributed by atoms with Gasteiger partial charge in [0.25, 0.3) is 0 Å². The van der Waals surface area contributed by atoms with Crippen LogP contribution in [0.25, 0.3) is 0 Å². The van der Waals surface area contributed by atoms with Crippen LogP contribution in [-0.2, 0) is 5.50 Å². The molecular weight excluding hydrogens is 264 g/mol. The van der Waals surface area contributed by atoms with Gasteiger partial charge in [0, 0.05) is 5.56 Å². The second-order valence-corrected chi connectivity index (χ2v) is 5.48. The summed E-state index contributed by atoms with van der Waals surface area (Å²) in [7, 11) is 5.81. The van der Waals surface area contributed by atoms with Gasteiger partial charge in [-0.2, -0.15) is 0 Å². The van der Waals surface area contributed by atoms with Gasteiger partial charge in [-0.05, 0) is 18.4 Å². The third-order valence-electron chi connectivity index (χ3n) is 3.22. The van der Waals surface area contributed by atoms with E-state index in [-0.39, 0.29) is 0 Å². The highest BCUT2D eigenvalue weighted by molar-refractivity contribution is 7.98. The minimum absolute atomic E-state index is 0.372. The molecule has 0 radical (unpaired) electrons. The van der Waals surface area contributed by atoms with Crippen molar-refractivity contribution in [1.29, 1.82) is 0 Å². The van der Waals surface area contributed by atoms with Crippen LogP contribution in [0.1, 0.15) is 5.56 Å². The molecule has 2 unspecified atom stereocenters. The zero-order chi connectivity index (χ0) is 14.8. The van der Waals surface area contributed by atoms with Gasteiger partial charge in [0.15, 0.2) is 15.7 Å². The van der Waals surface area contributed by atoms with Crippen molar-refractivity contribution in [2.24, 2.45) is 5.73 Å². The second-order valence-electron chi connectivity index (χ2n) is 4.63. The van der Waals surface area contributed by atoms with Crippen molar-refractivity contribution < 1.29 is 19.7 Å². The van der Waals surface area contributed by atoms with E-state index in [1.165, 1.54) is 34.6 Å². The highest BCUT2D eigenvalue weighted by atomic mass is 32.2. The number of hydrogen-bond acceptors (Lipinski definition) is 6. The Morgan fingerprint density at radius 2 is 1.68 bits per heavy atom. The minimum Gasteiger partial charge on any atom is -0.496 e. The predicted molar refractivity (Wildman–Crippen MR) is 81.4 cm³/mol. The highest BCUT2D eigenvalue weighted by Crippen LogP contribution is 2.40. The smallest absolute Gasteiger partial charge is 0.165 e. The molecule has 0 bridgehead atoms. The number of benzene rings is 1. The van der Waals surface area contributed by atoms with Gasteiger partial charge in [0.1, 0.15) is 11.5 Å². The lowest BCUT2D eigenvalue weighted by Gasteiger charge is -2.37. The molecule has 4 N–H and O–H groups in total. The normalized spacial score (nSPS) is 17.4. The molecule has 0 spiro atoms. The van der Waals surface area contributed by atoms with Gasteiger partial charge in [-0.15, -0.1) is 11.8 Å². The molecular formula is C11H19B2NO4S. The Bertz CT molecular complexity index is 463. The molecule has 1 aromatic rings. The second kappa shape index (κ2) is 5.66. The lowest BCUT2D eigenvalue weighted by Crippen LogP contribution is -2.59. The van der Waals surface area contributed by atoms with Crippen LogP contribution in [0.2, 0.25) is 0 Å². The van der Waals surface area contributed by atoms with E-state index in [9.17, 15) is 10.2 Å². The van der Waals surface area contributed by atoms with Gasteiger partial charge in [0.05, 0.1) is 30.2 Å². The molecule has 0 aliphatic rings. The summed E-state index contributed by atoms with van der Waals surface area (Å²) in [5.74, 6) is 1.04. The van der Waals surface area contributed by atoms with Crippen molar-refractivity contribution >= 4 is 27.5 Å². The quantitative estimate of drug-likeness (QED) is 0.344. The lowest BCUT2D eigenvalue weighted by atomic mass is 9.61. The molecule has 5 nitrogen and oxygen atoms in total. The summed E-state index contributed by atoms with van der Waals surface area (Å²) in [6, 6.07) is 3.38. The Morgan fingerprint density at radius 3 is 2.05 bits per heavy atom. The van der Waals surface area contributed by atoms with E-state index >= 15 is 0 Å². The van der Waals surface area contributed by atoms with Gasteiger partial charge in [-0.1, -0.05) is 0 Å². The third kappa shape index (κ3) is 3.02. The molecule has 0 saturated heterocycles. The van der Waals surface area contributed by atoms with Crippen molar-refractivity contribution in [2.45, 2.75) is 16.0 Å². The lowest BCUT2D eigenvalue weighted by molar-refractivity contribution is -0.0460. The van der Waals surface area contributed by atoms with E-state index in [1.54, 1.807) is 19.2 Å². The van der Waals surface area contributed by atoms with Gasteiger partial charge in [-0.3, -0.25) is 0 Å². The van der Waals surface area contributed by atoms with Gasteiger partial charge >= 0.3 is 0 Å². The standard InChI is InChI=1S/C11H19B2NO4S/c1-17-7-5-9(19-3)8(18-2)4-6(7)10(12,15)11(13,14)16/h4-5,15-16H,12-14H2,1-3H3. The Labute approximate surface area is 119 Å². The molecule has 0 aliphatic heterocycles. The number of nitrogens with two attached hydrogens (primary N) is 1. The number of methoxy groups -OCH3 is 2. The molecule has 0 saturated carbocycles. The minimum atomic E-state index is -1.81. The van der Waals surface area contributed by atoms with E-state index in [0.717, 1.165) is 4.90 Å². The zero-order valence-electron chi connectivity index (χ0n) is 11.9. The molecule has 0 heterocycles. The van der Waals surface area contributed by atoms with Gasteiger partial charge in [0.2, 0.25) is 0 Å². The SMILES string of the molecule is BC(N)(O)C(B)(O)c1cc(OC)c(SC)cc1OC. The molecule has 19 heavy (non-hydrogen) atoms. The van der Waals surface area contributed by atoms with Crippen LogP contribution in [0.4, 0.5) is 0 Å². The van der Waals surface area contributed by atoms with Crippen molar-refractivity contribution in [3.63, 3.8) is 0 Å². The van der Waals surface area contributed by atoms with Crippen LogP contribution in [0.15, 0.2) is 17.0 Å². The average Bonchev–Trinajstić information content (AvgIpc) is 2.35. The number of rotatable bonds is 5. The molecule has 104 valence electrons. The van der Waals surface area contributed by atoms with Crippen molar-refractivity contribution in [3.8, 4) is 11.5 Å². The molecule has 0 fully saturated rings. The molecule has 2 atom stereocenters. The maximum Gasteiger partial charge on any atom is 0.165 e. The maximum atomic E-state index is 10.5. The Hall–Kier alpha value is -0.820. The van der Waals surface area contributed by atoms with E-state index in [2.05, 4.69) is 0 Å². The fraction of sp³-hybridized carbons (Fsp3) is 0.455. The topological polar surface area (TPSA) is 84.9 Å². The summed E-state index contributed by atoms with van der Waals surface area (Å²) >= 11 is 1.50. The highest BCUT2D eigenvalue weighted by Gasteiger charge is 2.42. The zero-order valence-corrected chi connectivity index (χ0v) is 12.7. The van der Waals surface area contributed by atoms with E-state index in [1.807, 2.05) is 6.26 Å². The third-order valence-corrected chi connectivity index (χ3v) is 3.97. The molecule has 8 heteroatoms. The molecule has 0 aliphatic carbocycles. The van der Waals surface area contributed by atoms with Crippen LogP contribution >= 0.6 is 11.8 Å². The van der Waals surface area contributed by atoms with Gasteiger partial charge < -0.3 is 25.4 Å². The fourth-order valence-corrected chi connectivity index (χ4v) is 2.25. The van der Waals surface area contributed by atoms with Crippen molar-refractivity contribution in [3.05, 3.63) is 17.7 Å². The first kappa shape index (κ1) is 16.2. The summed E-state index contributed by atoms with van der Waals surface area (Å²) in [6.45, 7) is 0. The van der Waals surface area contributed by atoms with Gasteiger partial charge in [-0.25, -0.2) is 0 Å². The molecule has 1 rings (SSSR count). The predicted octanol–water partition coefficient (Wildman–Crippen LogP) is -1.56. The number of thioether (sulfide) groups is 1. The molecule has 0 aromatic heterocycles. The summed E-state index contributed by atoms with van der Waals surface area (Å²) in [5.41, 5.74) is 2.52.